The van der Waals surface area contributed by atoms with E-state index in [9.17, 15) is 9.90 Å². The predicted molar refractivity (Wildman–Crippen MR) is 95.2 cm³/mol. The van der Waals surface area contributed by atoms with Crippen LogP contribution in [0.15, 0.2) is 55.1 Å². The van der Waals surface area contributed by atoms with Gasteiger partial charge in [-0.3, -0.25) is 4.79 Å². The highest BCUT2D eigenvalue weighted by Gasteiger charge is 2.09. The Morgan fingerprint density at radius 2 is 2.04 bits per heavy atom. The molecule has 0 aliphatic carbocycles. The number of ketones is 1. The first-order valence-electron chi connectivity index (χ1n) is 7.18. The van der Waals surface area contributed by atoms with Crippen LogP contribution >= 0.6 is 11.6 Å². The van der Waals surface area contributed by atoms with Gasteiger partial charge in [0.2, 0.25) is 0 Å². The van der Waals surface area contributed by atoms with Crippen molar-refractivity contribution in [3.05, 3.63) is 71.3 Å². The summed E-state index contributed by atoms with van der Waals surface area (Å²) in [6.45, 7) is 3.97. The molecule has 1 N–H and O–H groups in total. The third-order valence-corrected chi connectivity index (χ3v) is 3.43. The lowest BCUT2D eigenvalue weighted by Gasteiger charge is -2.09. The van der Waals surface area contributed by atoms with Gasteiger partial charge in [0.05, 0.1) is 12.7 Å². The standard InChI is InChI=1S/C19H17ClO4/c1-3-10-24-18-9-5-13(11-19(18)23-2)4-7-16(21)15-12-14(20)6-8-17(15)22/h3-9,11-12,22H,1,10H2,2H3/b7-4+. The number of carbonyl (C=O) groups excluding carboxylic acids is 1. The normalized spacial score (nSPS) is 10.6. The molecule has 0 saturated heterocycles. The van der Waals surface area contributed by atoms with Crippen LogP contribution in [0.2, 0.25) is 5.02 Å². The van der Waals surface area contributed by atoms with E-state index in [0.717, 1.165) is 5.56 Å². The summed E-state index contributed by atoms with van der Waals surface area (Å²) >= 11 is 5.85. The maximum atomic E-state index is 12.2. The van der Waals surface area contributed by atoms with Crippen molar-refractivity contribution in [2.24, 2.45) is 0 Å². The molecule has 0 aromatic heterocycles. The van der Waals surface area contributed by atoms with E-state index in [1.54, 1.807) is 37.5 Å². The Hall–Kier alpha value is -2.72. The van der Waals surface area contributed by atoms with Gasteiger partial charge in [-0.25, -0.2) is 0 Å². The average molecular weight is 345 g/mol. The van der Waals surface area contributed by atoms with Gasteiger partial charge >= 0.3 is 0 Å². The van der Waals surface area contributed by atoms with Crippen LogP contribution in [0.4, 0.5) is 0 Å². The number of phenolic OH excluding ortho intramolecular Hbond substituents is 1. The Labute approximate surface area is 145 Å². The highest BCUT2D eigenvalue weighted by Crippen LogP contribution is 2.29. The van der Waals surface area contributed by atoms with Crippen LogP contribution in [-0.2, 0) is 0 Å². The number of ether oxygens (including phenoxy) is 2. The van der Waals surface area contributed by atoms with E-state index < -0.39 is 0 Å². The zero-order chi connectivity index (χ0) is 17.5. The topological polar surface area (TPSA) is 55.8 Å². The van der Waals surface area contributed by atoms with Gasteiger partial charge < -0.3 is 14.6 Å². The second-order valence-electron chi connectivity index (χ2n) is 4.87. The number of benzene rings is 2. The fourth-order valence-corrected chi connectivity index (χ4v) is 2.20. The van der Waals surface area contributed by atoms with Gasteiger partial charge in [0.15, 0.2) is 17.3 Å². The van der Waals surface area contributed by atoms with E-state index in [-0.39, 0.29) is 17.1 Å². The summed E-state index contributed by atoms with van der Waals surface area (Å²) in [6.07, 6.45) is 4.64. The van der Waals surface area contributed by atoms with E-state index in [0.29, 0.717) is 23.1 Å². The number of hydrogen-bond donors (Lipinski definition) is 1. The lowest BCUT2D eigenvalue weighted by atomic mass is 10.1. The van der Waals surface area contributed by atoms with Gasteiger partial charge in [-0.1, -0.05) is 36.4 Å². The third-order valence-electron chi connectivity index (χ3n) is 3.20. The molecule has 0 amide bonds. The molecule has 0 heterocycles. The summed E-state index contributed by atoms with van der Waals surface area (Å²) < 4.78 is 10.7. The Morgan fingerprint density at radius 3 is 2.75 bits per heavy atom. The van der Waals surface area contributed by atoms with Crippen molar-refractivity contribution in [3.63, 3.8) is 0 Å². The monoisotopic (exact) mass is 344 g/mol. The molecule has 2 rings (SSSR count). The van der Waals surface area contributed by atoms with E-state index in [1.165, 1.54) is 24.3 Å². The zero-order valence-corrected chi connectivity index (χ0v) is 13.9. The molecule has 4 nitrogen and oxygen atoms in total. The van der Waals surface area contributed by atoms with Gasteiger partial charge in [-0.15, -0.1) is 0 Å². The second kappa shape index (κ2) is 8.22. The van der Waals surface area contributed by atoms with Crippen molar-refractivity contribution in [3.8, 4) is 17.2 Å². The third kappa shape index (κ3) is 4.40. The van der Waals surface area contributed by atoms with Crippen molar-refractivity contribution in [1.29, 1.82) is 0 Å². The number of methoxy groups -OCH3 is 1. The number of phenols is 1. The van der Waals surface area contributed by atoms with Crippen LogP contribution in [0.1, 0.15) is 15.9 Å². The number of rotatable bonds is 7. The molecule has 0 saturated carbocycles. The van der Waals surface area contributed by atoms with E-state index in [4.69, 9.17) is 21.1 Å². The first-order valence-corrected chi connectivity index (χ1v) is 7.55. The molecular weight excluding hydrogens is 328 g/mol. The Kier molecular flexibility index (Phi) is 6.04. The largest absolute Gasteiger partial charge is 0.507 e. The molecule has 124 valence electrons. The van der Waals surface area contributed by atoms with Gasteiger partial charge in [-0.05, 0) is 42.0 Å². The van der Waals surface area contributed by atoms with E-state index in [1.807, 2.05) is 0 Å². The molecule has 24 heavy (non-hydrogen) atoms. The predicted octanol–water partition coefficient (Wildman–Crippen LogP) is 4.52. The molecule has 2 aromatic rings. The molecule has 0 fully saturated rings. The summed E-state index contributed by atoms with van der Waals surface area (Å²) in [5.74, 6) is 0.686. The summed E-state index contributed by atoms with van der Waals surface area (Å²) in [7, 11) is 1.54. The van der Waals surface area contributed by atoms with Crippen LogP contribution in [0.5, 0.6) is 17.2 Å². The zero-order valence-electron chi connectivity index (χ0n) is 13.2. The summed E-state index contributed by atoms with van der Waals surface area (Å²) in [6, 6.07) is 9.63. The minimum absolute atomic E-state index is 0.111. The number of halogens is 1. The van der Waals surface area contributed by atoms with Gasteiger partial charge in [0, 0.05) is 5.02 Å². The second-order valence-corrected chi connectivity index (χ2v) is 5.31. The maximum Gasteiger partial charge on any atom is 0.189 e. The molecule has 0 aliphatic rings. The first-order chi connectivity index (χ1) is 11.5. The van der Waals surface area contributed by atoms with Crippen LogP contribution in [0, 0.1) is 0 Å². The Balaban J connectivity index is 2.20. The minimum atomic E-state index is -0.346. The molecular formula is C19H17ClO4. The van der Waals surface area contributed by atoms with Crippen LogP contribution < -0.4 is 9.47 Å². The van der Waals surface area contributed by atoms with Gasteiger partial charge in [0.25, 0.3) is 0 Å². The SMILES string of the molecule is C=CCOc1ccc(/C=C/C(=O)c2cc(Cl)ccc2O)cc1OC. The quantitative estimate of drug-likeness (QED) is 0.456. The molecule has 0 radical (unpaired) electrons. The molecule has 0 atom stereocenters. The molecule has 0 bridgehead atoms. The molecule has 2 aromatic carbocycles. The lowest BCUT2D eigenvalue weighted by Crippen LogP contribution is -1.97. The van der Waals surface area contributed by atoms with Crippen LogP contribution in [-0.4, -0.2) is 24.6 Å². The molecule has 5 heteroatoms. The Morgan fingerprint density at radius 1 is 1.25 bits per heavy atom. The van der Waals surface area contributed by atoms with Crippen molar-refractivity contribution >= 4 is 23.5 Å². The smallest absolute Gasteiger partial charge is 0.189 e. The van der Waals surface area contributed by atoms with Crippen LogP contribution in [0.3, 0.4) is 0 Å². The highest BCUT2D eigenvalue weighted by atomic mass is 35.5. The number of carbonyl (C=O) groups is 1. The average Bonchev–Trinajstić information content (AvgIpc) is 2.60. The highest BCUT2D eigenvalue weighted by molar-refractivity contribution is 6.31. The first kappa shape index (κ1) is 17.6. The van der Waals surface area contributed by atoms with E-state index in [2.05, 4.69) is 6.58 Å². The maximum absolute atomic E-state index is 12.2. The summed E-state index contributed by atoms with van der Waals surface area (Å²) in [5, 5.41) is 10.1. The fourth-order valence-electron chi connectivity index (χ4n) is 2.02. The Bertz CT molecular complexity index is 781. The van der Waals surface area contributed by atoms with Gasteiger partial charge in [0.1, 0.15) is 12.4 Å². The molecule has 0 aliphatic heterocycles. The summed E-state index contributed by atoms with van der Waals surface area (Å²) in [5.41, 5.74) is 0.907. The number of allylic oxidation sites excluding steroid dienone is 1. The lowest BCUT2D eigenvalue weighted by molar-refractivity contribution is 0.104. The number of hydrogen-bond acceptors (Lipinski definition) is 4. The molecule has 0 spiro atoms. The minimum Gasteiger partial charge on any atom is -0.507 e. The van der Waals surface area contributed by atoms with E-state index >= 15 is 0 Å². The van der Waals surface area contributed by atoms with Crippen molar-refractivity contribution < 1.29 is 19.4 Å². The van der Waals surface area contributed by atoms with Crippen molar-refractivity contribution in [2.45, 2.75) is 0 Å². The van der Waals surface area contributed by atoms with Crippen molar-refractivity contribution in [1.82, 2.24) is 0 Å². The van der Waals surface area contributed by atoms with Crippen molar-refractivity contribution in [2.75, 3.05) is 13.7 Å². The molecule has 0 unspecified atom stereocenters. The fraction of sp³-hybridized carbons (Fsp3) is 0.105. The van der Waals surface area contributed by atoms with Gasteiger partial charge in [-0.2, -0.15) is 0 Å². The summed E-state index contributed by atoms with van der Waals surface area (Å²) in [4.78, 5) is 12.2. The van der Waals surface area contributed by atoms with Crippen LogP contribution in [0.25, 0.3) is 6.08 Å². The number of aromatic hydroxyl groups is 1.